The standard InChI is InChI=1S/C12H22N2/c1-3-4-8-11(14-13)12(2)9-6-5-7-10-12/h1,11,14H,4-10,13H2,2H3. The van der Waals surface area contributed by atoms with Crippen LogP contribution in [0.4, 0.5) is 0 Å². The molecule has 0 aromatic rings. The topological polar surface area (TPSA) is 38.0 Å². The lowest BCUT2D eigenvalue weighted by Gasteiger charge is -2.40. The summed E-state index contributed by atoms with van der Waals surface area (Å²) in [4.78, 5) is 0. The highest BCUT2D eigenvalue weighted by molar-refractivity contribution is 4.93. The van der Waals surface area contributed by atoms with E-state index in [9.17, 15) is 0 Å². The molecule has 0 amide bonds. The van der Waals surface area contributed by atoms with E-state index >= 15 is 0 Å². The van der Waals surface area contributed by atoms with Crippen molar-refractivity contribution < 1.29 is 0 Å². The Hall–Kier alpha value is -0.520. The van der Waals surface area contributed by atoms with E-state index < -0.39 is 0 Å². The second-order valence-electron chi connectivity index (χ2n) is 4.68. The van der Waals surface area contributed by atoms with Crippen LogP contribution >= 0.6 is 0 Å². The van der Waals surface area contributed by atoms with E-state index in [0.717, 1.165) is 12.8 Å². The van der Waals surface area contributed by atoms with Crippen molar-refractivity contribution >= 4 is 0 Å². The third-order valence-electron chi connectivity index (χ3n) is 3.62. The van der Waals surface area contributed by atoms with Crippen LogP contribution in [0.1, 0.15) is 51.9 Å². The smallest absolute Gasteiger partial charge is 0.0273 e. The summed E-state index contributed by atoms with van der Waals surface area (Å²) < 4.78 is 0. The monoisotopic (exact) mass is 194 g/mol. The van der Waals surface area contributed by atoms with Crippen molar-refractivity contribution in [1.82, 2.24) is 5.43 Å². The molecule has 1 unspecified atom stereocenters. The van der Waals surface area contributed by atoms with Crippen molar-refractivity contribution in [3.8, 4) is 12.3 Å². The number of terminal acetylenes is 1. The van der Waals surface area contributed by atoms with E-state index in [1.165, 1.54) is 32.1 Å². The van der Waals surface area contributed by atoms with Gasteiger partial charge in [0.05, 0.1) is 0 Å². The maximum Gasteiger partial charge on any atom is 0.0273 e. The predicted molar refractivity (Wildman–Crippen MR) is 60.4 cm³/mol. The van der Waals surface area contributed by atoms with Gasteiger partial charge in [-0.25, -0.2) is 0 Å². The molecule has 0 bridgehead atoms. The SMILES string of the molecule is C#CCCC(NN)C1(C)CCCCC1. The van der Waals surface area contributed by atoms with Crippen LogP contribution in [0, 0.1) is 17.8 Å². The van der Waals surface area contributed by atoms with Gasteiger partial charge in [0.1, 0.15) is 0 Å². The molecular formula is C12H22N2. The normalized spacial score (nSPS) is 22.6. The van der Waals surface area contributed by atoms with Crippen molar-refractivity contribution in [2.45, 2.75) is 57.9 Å². The molecule has 2 heteroatoms. The van der Waals surface area contributed by atoms with E-state index in [2.05, 4.69) is 18.3 Å². The van der Waals surface area contributed by atoms with Gasteiger partial charge in [0, 0.05) is 12.5 Å². The molecule has 3 N–H and O–H groups in total. The molecule has 80 valence electrons. The third kappa shape index (κ3) is 2.73. The summed E-state index contributed by atoms with van der Waals surface area (Å²) in [5, 5.41) is 0. The van der Waals surface area contributed by atoms with Gasteiger partial charge in [0.15, 0.2) is 0 Å². The average Bonchev–Trinajstić information content (AvgIpc) is 2.20. The molecule has 0 radical (unpaired) electrons. The van der Waals surface area contributed by atoms with Crippen molar-refractivity contribution in [2.24, 2.45) is 11.3 Å². The number of nitrogens with two attached hydrogens (primary N) is 1. The Morgan fingerprint density at radius 1 is 1.43 bits per heavy atom. The minimum absolute atomic E-state index is 0.365. The van der Waals surface area contributed by atoms with Gasteiger partial charge in [-0.1, -0.05) is 26.2 Å². The molecule has 1 saturated carbocycles. The lowest BCUT2D eigenvalue weighted by Crippen LogP contribution is -2.47. The summed E-state index contributed by atoms with van der Waals surface area (Å²) >= 11 is 0. The molecule has 1 aliphatic rings. The molecular weight excluding hydrogens is 172 g/mol. The number of hydrogen-bond donors (Lipinski definition) is 2. The maximum atomic E-state index is 5.61. The van der Waals surface area contributed by atoms with Crippen LogP contribution in [0.2, 0.25) is 0 Å². The van der Waals surface area contributed by atoms with Crippen molar-refractivity contribution in [3.63, 3.8) is 0 Å². The summed E-state index contributed by atoms with van der Waals surface area (Å²) in [7, 11) is 0. The second-order valence-corrected chi connectivity index (χ2v) is 4.68. The number of rotatable bonds is 4. The molecule has 1 aliphatic carbocycles. The van der Waals surface area contributed by atoms with Gasteiger partial charge in [0.25, 0.3) is 0 Å². The highest BCUT2D eigenvalue weighted by atomic mass is 15.2. The summed E-state index contributed by atoms with van der Waals surface area (Å²) in [5.74, 6) is 8.30. The van der Waals surface area contributed by atoms with Gasteiger partial charge in [0.2, 0.25) is 0 Å². The minimum Gasteiger partial charge on any atom is -0.271 e. The maximum absolute atomic E-state index is 5.61. The Bertz CT molecular complexity index is 199. The van der Waals surface area contributed by atoms with Crippen molar-refractivity contribution in [2.75, 3.05) is 0 Å². The van der Waals surface area contributed by atoms with Crippen molar-refractivity contribution in [1.29, 1.82) is 0 Å². The molecule has 0 aromatic carbocycles. The molecule has 0 spiro atoms. The summed E-state index contributed by atoms with van der Waals surface area (Å²) in [6.07, 6.45) is 13.7. The van der Waals surface area contributed by atoms with Gasteiger partial charge >= 0.3 is 0 Å². The zero-order chi connectivity index (χ0) is 10.4. The predicted octanol–water partition coefficient (Wildman–Crippen LogP) is 2.20. The van der Waals surface area contributed by atoms with Crippen molar-refractivity contribution in [3.05, 3.63) is 0 Å². The van der Waals surface area contributed by atoms with Crippen LogP contribution in [-0.2, 0) is 0 Å². The Morgan fingerprint density at radius 2 is 2.07 bits per heavy atom. The second kappa shape index (κ2) is 5.38. The van der Waals surface area contributed by atoms with Gasteiger partial charge < -0.3 is 0 Å². The first kappa shape index (κ1) is 11.6. The Morgan fingerprint density at radius 3 is 2.57 bits per heavy atom. The first-order valence-electron chi connectivity index (χ1n) is 5.62. The number of nitrogens with one attached hydrogen (secondary N) is 1. The summed E-state index contributed by atoms with van der Waals surface area (Å²) in [6.45, 7) is 2.34. The highest BCUT2D eigenvalue weighted by Crippen LogP contribution is 2.39. The van der Waals surface area contributed by atoms with Crippen LogP contribution in [-0.4, -0.2) is 6.04 Å². The molecule has 0 aromatic heterocycles. The zero-order valence-electron chi connectivity index (χ0n) is 9.18. The van der Waals surface area contributed by atoms with Gasteiger partial charge in [-0.3, -0.25) is 11.3 Å². The van der Waals surface area contributed by atoms with E-state index in [1.807, 2.05) is 0 Å². The van der Waals surface area contributed by atoms with Crippen LogP contribution in [0.5, 0.6) is 0 Å². The summed E-state index contributed by atoms with van der Waals surface area (Å²) in [5.41, 5.74) is 3.32. The van der Waals surface area contributed by atoms with Crippen LogP contribution in [0.3, 0.4) is 0 Å². The fraction of sp³-hybridized carbons (Fsp3) is 0.833. The lowest BCUT2D eigenvalue weighted by atomic mass is 9.69. The lowest BCUT2D eigenvalue weighted by molar-refractivity contribution is 0.139. The largest absolute Gasteiger partial charge is 0.271 e. The first-order valence-corrected chi connectivity index (χ1v) is 5.62. The molecule has 0 heterocycles. The average molecular weight is 194 g/mol. The Balaban J connectivity index is 2.52. The molecule has 1 rings (SSSR count). The Labute approximate surface area is 87.6 Å². The zero-order valence-corrected chi connectivity index (χ0v) is 9.18. The Kier molecular flexibility index (Phi) is 4.44. The van der Waals surface area contributed by atoms with Gasteiger partial charge in [-0.2, -0.15) is 0 Å². The van der Waals surface area contributed by atoms with E-state index in [1.54, 1.807) is 0 Å². The quantitative estimate of drug-likeness (QED) is 0.409. The van der Waals surface area contributed by atoms with E-state index in [-0.39, 0.29) is 0 Å². The van der Waals surface area contributed by atoms with Crippen LogP contribution in [0.25, 0.3) is 0 Å². The van der Waals surface area contributed by atoms with E-state index in [4.69, 9.17) is 12.3 Å². The number of hydrogen-bond acceptors (Lipinski definition) is 2. The molecule has 1 fully saturated rings. The molecule has 2 nitrogen and oxygen atoms in total. The van der Waals surface area contributed by atoms with Crippen LogP contribution in [0.15, 0.2) is 0 Å². The molecule has 1 atom stereocenters. The number of hydrazine groups is 1. The molecule has 0 aliphatic heterocycles. The first-order chi connectivity index (χ1) is 6.73. The van der Waals surface area contributed by atoms with Gasteiger partial charge in [-0.05, 0) is 24.7 Å². The van der Waals surface area contributed by atoms with Crippen LogP contribution < -0.4 is 11.3 Å². The fourth-order valence-corrected chi connectivity index (χ4v) is 2.57. The van der Waals surface area contributed by atoms with Gasteiger partial charge in [-0.15, -0.1) is 12.3 Å². The molecule has 0 saturated heterocycles. The summed E-state index contributed by atoms with van der Waals surface area (Å²) in [6, 6.07) is 0.388. The minimum atomic E-state index is 0.365. The third-order valence-corrected chi connectivity index (χ3v) is 3.62. The molecule has 14 heavy (non-hydrogen) atoms. The van der Waals surface area contributed by atoms with E-state index in [0.29, 0.717) is 11.5 Å². The highest BCUT2D eigenvalue weighted by Gasteiger charge is 2.34. The fourth-order valence-electron chi connectivity index (χ4n) is 2.57.